The average Bonchev–Trinajstić information content (AvgIpc) is 3.33. The van der Waals surface area contributed by atoms with Gasteiger partial charge >= 0.3 is 11.3 Å². The Hall–Kier alpha value is -2.31. The van der Waals surface area contributed by atoms with Crippen LogP contribution in [-0.4, -0.2) is 0 Å². The van der Waals surface area contributed by atoms with E-state index in [1.807, 2.05) is 0 Å². The van der Waals surface area contributed by atoms with E-state index in [-0.39, 0.29) is 16.8 Å². The molecule has 0 N–H and O–H groups in total. The summed E-state index contributed by atoms with van der Waals surface area (Å²) >= 11 is 0. The van der Waals surface area contributed by atoms with Crippen molar-refractivity contribution in [3.8, 4) is 0 Å². The standard InChI is InChI=1S/C18H15P.C5H.CO.Co/c1-4-10-16(11-5-1)19(17-12-6-2-7-13-17)18-14-8-3-9-15-18;1-2-4-5-3-1;1-2;/h1-15H;1H;;/q;-5;;/p+1. The fourth-order valence-electron chi connectivity index (χ4n) is 2.49. The molecule has 0 saturated carbocycles. The molecular weight excluding hydrogens is 394 g/mol. The van der Waals surface area contributed by atoms with Crippen LogP contribution in [0.25, 0.3) is 0 Å². The molecule has 1 radical (unpaired) electrons. The van der Waals surface area contributed by atoms with Gasteiger partial charge in [0.05, 0.1) is 7.92 Å². The third-order valence-corrected chi connectivity index (χ3v) is 6.27. The SMILES string of the molecule is [C-]#[O+].[Co].[c-]1[c-][c-][cH-][c-]1.c1ccc([PH+](c2ccccc2)c2ccccc2)cc1. The predicted octanol–water partition coefficient (Wildman–Crippen LogP) is 3.74. The van der Waals surface area contributed by atoms with Gasteiger partial charge in [-0.1, -0.05) is 54.6 Å². The number of benzene rings is 3. The van der Waals surface area contributed by atoms with Crippen molar-refractivity contribution in [1.82, 2.24) is 0 Å². The second-order valence-electron chi connectivity index (χ2n) is 5.16. The Morgan fingerprint density at radius 2 is 0.889 bits per heavy atom. The van der Waals surface area contributed by atoms with Gasteiger partial charge in [0.25, 0.3) is 0 Å². The molecule has 4 aromatic carbocycles. The first-order chi connectivity index (χ1) is 12.9. The van der Waals surface area contributed by atoms with Crippen molar-refractivity contribution in [3.05, 3.63) is 128 Å². The zero-order valence-corrected chi connectivity index (χ0v) is 16.5. The van der Waals surface area contributed by atoms with Crippen molar-refractivity contribution < 1.29 is 21.4 Å². The first-order valence-electron chi connectivity index (χ1n) is 8.01. The molecule has 0 unspecified atom stereocenters. The van der Waals surface area contributed by atoms with Crippen molar-refractivity contribution in [2.24, 2.45) is 0 Å². The molecule has 0 fully saturated rings. The molecule has 4 rings (SSSR count). The molecule has 0 heterocycles. The minimum atomic E-state index is -0.877. The minimum Gasteiger partial charge on any atom is -0.999 e. The Bertz CT molecular complexity index is 733. The van der Waals surface area contributed by atoms with Gasteiger partial charge in [-0.3, -0.25) is 0 Å². The molecule has 0 aromatic heterocycles. The predicted molar refractivity (Wildman–Crippen MR) is 108 cm³/mol. The van der Waals surface area contributed by atoms with E-state index in [9.17, 15) is 0 Å². The van der Waals surface area contributed by atoms with E-state index in [1.165, 1.54) is 15.9 Å². The summed E-state index contributed by atoms with van der Waals surface area (Å²) in [6.07, 6.45) is 0. The zero-order valence-electron chi connectivity index (χ0n) is 14.5. The maximum Gasteiger partial charge on any atom is 0.102 e. The number of rotatable bonds is 3. The van der Waals surface area contributed by atoms with E-state index in [4.69, 9.17) is 4.65 Å². The van der Waals surface area contributed by atoms with Crippen LogP contribution in [-0.2, 0) is 21.4 Å². The molecule has 0 spiro atoms. The van der Waals surface area contributed by atoms with E-state index in [0.29, 0.717) is 0 Å². The third kappa shape index (κ3) is 7.44. The Kier molecular flexibility index (Phi) is 11.6. The molecule has 0 saturated heterocycles. The van der Waals surface area contributed by atoms with Gasteiger partial charge in [-0.05, 0) is 36.4 Å². The van der Waals surface area contributed by atoms with E-state index in [2.05, 4.69) is 122 Å². The minimum absolute atomic E-state index is 0. The topological polar surface area (TPSA) is 19.9 Å². The summed E-state index contributed by atoms with van der Waals surface area (Å²) in [5.41, 5.74) is 0. The van der Waals surface area contributed by atoms with Gasteiger partial charge < -0.3 is 30.3 Å². The van der Waals surface area contributed by atoms with Gasteiger partial charge in [0.2, 0.25) is 0 Å². The van der Waals surface area contributed by atoms with Gasteiger partial charge in [-0.15, -0.1) is 0 Å². The van der Waals surface area contributed by atoms with Crippen molar-refractivity contribution >= 4 is 23.8 Å². The molecular formula is C24H17CoOP-4. The van der Waals surface area contributed by atoms with Crippen LogP contribution in [0.5, 0.6) is 0 Å². The van der Waals surface area contributed by atoms with Crippen molar-refractivity contribution in [2.75, 3.05) is 0 Å². The van der Waals surface area contributed by atoms with Crippen LogP contribution in [0.3, 0.4) is 0 Å². The van der Waals surface area contributed by atoms with Gasteiger partial charge in [0, 0.05) is 16.8 Å². The molecule has 137 valence electrons. The summed E-state index contributed by atoms with van der Waals surface area (Å²) in [5.74, 6) is 0. The molecule has 1 nitrogen and oxygen atoms in total. The van der Waals surface area contributed by atoms with Crippen molar-refractivity contribution in [2.45, 2.75) is 0 Å². The van der Waals surface area contributed by atoms with Crippen LogP contribution in [0.4, 0.5) is 0 Å². The number of hydrogen-bond donors (Lipinski definition) is 0. The zero-order chi connectivity index (χ0) is 18.5. The van der Waals surface area contributed by atoms with Crippen LogP contribution in [0, 0.1) is 30.9 Å². The summed E-state index contributed by atoms with van der Waals surface area (Å²) in [7, 11) is -0.877. The molecule has 27 heavy (non-hydrogen) atoms. The summed E-state index contributed by atoms with van der Waals surface area (Å²) < 4.78 is 7.50. The number of hydrogen-bond acceptors (Lipinski definition) is 0. The fourth-order valence-corrected chi connectivity index (χ4v) is 5.07. The fraction of sp³-hybridized carbons (Fsp3) is 0. The molecule has 0 amide bonds. The summed E-state index contributed by atoms with van der Waals surface area (Å²) in [4.78, 5) is 0. The van der Waals surface area contributed by atoms with Crippen LogP contribution in [0.1, 0.15) is 0 Å². The largest absolute Gasteiger partial charge is 0.999 e. The molecule has 4 aromatic rings. The third-order valence-electron chi connectivity index (χ3n) is 3.54. The van der Waals surface area contributed by atoms with Crippen LogP contribution in [0.2, 0.25) is 0 Å². The summed E-state index contributed by atoms with van der Waals surface area (Å²) in [6.45, 7) is 4.50. The first-order valence-corrected chi connectivity index (χ1v) is 9.51. The van der Waals surface area contributed by atoms with E-state index in [0.717, 1.165) is 0 Å². The molecule has 0 aliphatic carbocycles. The Morgan fingerprint density at radius 3 is 1.11 bits per heavy atom. The molecule has 3 heteroatoms. The Balaban J connectivity index is 0.000000390. The second-order valence-corrected chi connectivity index (χ2v) is 7.64. The van der Waals surface area contributed by atoms with Crippen molar-refractivity contribution in [3.63, 3.8) is 0 Å². The van der Waals surface area contributed by atoms with E-state index < -0.39 is 7.92 Å². The van der Waals surface area contributed by atoms with Gasteiger partial charge in [0.15, 0.2) is 0 Å². The van der Waals surface area contributed by atoms with E-state index >= 15 is 0 Å². The monoisotopic (exact) mass is 411 g/mol. The maximum atomic E-state index is 7.50. The Morgan fingerprint density at radius 1 is 0.593 bits per heavy atom. The maximum absolute atomic E-state index is 7.50. The van der Waals surface area contributed by atoms with Gasteiger partial charge in [0.1, 0.15) is 15.9 Å². The second kappa shape index (κ2) is 13.8. The quantitative estimate of drug-likeness (QED) is 0.278. The molecule has 0 atom stereocenters. The van der Waals surface area contributed by atoms with Crippen LogP contribution >= 0.6 is 7.92 Å². The summed E-state index contributed by atoms with van der Waals surface area (Å²) in [5, 5.41) is 4.31. The Labute approximate surface area is 173 Å². The smallest absolute Gasteiger partial charge is 0.102 e. The average molecular weight is 411 g/mol. The molecule has 0 aliphatic heterocycles. The van der Waals surface area contributed by atoms with E-state index in [1.54, 1.807) is 6.07 Å². The van der Waals surface area contributed by atoms with Gasteiger partial charge in [-0.25, -0.2) is 0 Å². The molecule has 0 bridgehead atoms. The normalized spacial score (nSPS) is 9.00. The van der Waals surface area contributed by atoms with Crippen LogP contribution in [0.15, 0.2) is 97.1 Å². The van der Waals surface area contributed by atoms with Crippen LogP contribution < -0.4 is 15.9 Å². The summed E-state index contributed by atoms with van der Waals surface area (Å²) in [6, 6.07) is 44.5. The van der Waals surface area contributed by atoms with Crippen molar-refractivity contribution in [1.29, 1.82) is 0 Å². The van der Waals surface area contributed by atoms with Gasteiger partial charge in [-0.2, -0.15) is 0 Å². The molecule has 0 aliphatic rings. The first kappa shape index (κ1) is 22.7.